The zero-order valence-electron chi connectivity index (χ0n) is 5.83. The van der Waals surface area contributed by atoms with E-state index in [1.54, 1.807) is 6.92 Å². The molecule has 0 amide bonds. The Labute approximate surface area is 69.0 Å². The zero-order chi connectivity index (χ0) is 8.48. The minimum atomic E-state index is -3.46. The Balaban J connectivity index is 2.89. The van der Waals surface area contributed by atoms with Crippen LogP contribution < -0.4 is 0 Å². The van der Waals surface area contributed by atoms with Gasteiger partial charge in [-0.3, -0.25) is 5.10 Å². The van der Waals surface area contributed by atoms with E-state index >= 15 is 0 Å². The Bertz CT molecular complexity index is 343. The molecular formula is C5H7ClN2O2S. The molecule has 0 spiro atoms. The highest BCUT2D eigenvalue weighted by Gasteiger charge is 2.09. The van der Waals surface area contributed by atoms with Gasteiger partial charge in [0.2, 0.25) is 9.05 Å². The average Bonchev–Trinajstić information content (AvgIpc) is 2.12. The largest absolute Gasteiger partial charge is 0.283 e. The number of hydrogen-bond acceptors (Lipinski definition) is 3. The minimum absolute atomic E-state index is 0.170. The number of aromatic nitrogens is 2. The second-order valence-electron chi connectivity index (χ2n) is 2.20. The summed E-state index contributed by atoms with van der Waals surface area (Å²) in [5.41, 5.74) is 1.34. The Kier molecular flexibility index (Phi) is 2.20. The summed E-state index contributed by atoms with van der Waals surface area (Å²) in [5, 5.41) is 6.28. The summed E-state index contributed by atoms with van der Waals surface area (Å²) in [6.07, 6.45) is 1.45. The van der Waals surface area contributed by atoms with Crippen LogP contribution in [0.4, 0.5) is 0 Å². The fraction of sp³-hybridized carbons (Fsp3) is 0.400. The minimum Gasteiger partial charge on any atom is -0.283 e. The van der Waals surface area contributed by atoms with E-state index in [4.69, 9.17) is 10.7 Å². The van der Waals surface area contributed by atoms with Crippen LogP contribution >= 0.6 is 10.7 Å². The first kappa shape index (κ1) is 8.55. The highest BCUT2D eigenvalue weighted by molar-refractivity contribution is 8.13. The predicted octanol–water partition coefficient (Wildman–Crippen LogP) is 0.787. The molecule has 0 fully saturated rings. The first-order chi connectivity index (χ1) is 4.99. The maximum atomic E-state index is 10.6. The van der Waals surface area contributed by atoms with Gasteiger partial charge in [0.15, 0.2) is 0 Å². The van der Waals surface area contributed by atoms with E-state index in [2.05, 4.69) is 10.2 Å². The molecule has 0 unspecified atom stereocenters. The lowest BCUT2D eigenvalue weighted by Crippen LogP contribution is -1.94. The maximum absolute atomic E-state index is 10.6. The lowest BCUT2D eigenvalue weighted by molar-refractivity contribution is 0.609. The van der Waals surface area contributed by atoms with Gasteiger partial charge in [-0.2, -0.15) is 5.10 Å². The van der Waals surface area contributed by atoms with Crippen LogP contribution in [-0.4, -0.2) is 18.6 Å². The Hall–Kier alpha value is -0.550. The fourth-order valence-electron chi connectivity index (χ4n) is 0.707. The van der Waals surface area contributed by atoms with Crippen molar-refractivity contribution in [1.29, 1.82) is 0 Å². The number of halogens is 1. The van der Waals surface area contributed by atoms with Crippen molar-refractivity contribution in [3.05, 3.63) is 17.5 Å². The van der Waals surface area contributed by atoms with E-state index in [-0.39, 0.29) is 5.75 Å². The van der Waals surface area contributed by atoms with E-state index < -0.39 is 9.05 Å². The molecule has 1 heterocycles. The molecular weight excluding hydrogens is 188 g/mol. The molecule has 0 aromatic carbocycles. The smallest absolute Gasteiger partial charge is 0.236 e. The lowest BCUT2D eigenvalue weighted by atomic mass is 10.3. The van der Waals surface area contributed by atoms with Crippen molar-refractivity contribution in [1.82, 2.24) is 10.2 Å². The molecule has 0 saturated carbocycles. The molecule has 0 radical (unpaired) electrons. The highest BCUT2D eigenvalue weighted by atomic mass is 35.7. The summed E-state index contributed by atoms with van der Waals surface area (Å²) in [5.74, 6) is -0.170. The standard InChI is InChI=1S/C5H7ClN2O2S/c1-4-5(2-7-8-4)3-11(6,9)10/h2H,3H2,1H3,(H,7,8). The fourth-order valence-corrected chi connectivity index (χ4v) is 1.72. The third kappa shape index (κ3) is 2.51. The van der Waals surface area contributed by atoms with Crippen LogP contribution in [0.15, 0.2) is 6.20 Å². The van der Waals surface area contributed by atoms with E-state index in [1.165, 1.54) is 6.20 Å². The van der Waals surface area contributed by atoms with Gasteiger partial charge < -0.3 is 0 Å². The van der Waals surface area contributed by atoms with Crippen LogP contribution in [-0.2, 0) is 14.8 Å². The molecule has 62 valence electrons. The third-order valence-corrected chi connectivity index (χ3v) is 2.25. The molecule has 0 saturated heterocycles. The van der Waals surface area contributed by atoms with E-state index in [9.17, 15) is 8.42 Å². The van der Waals surface area contributed by atoms with Crippen LogP contribution in [0, 0.1) is 6.92 Å². The van der Waals surface area contributed by atoms with Crippen LogP contribution in [0.2, 0.25) is 0 Å². The van der Waals surface area contributed by atoms with Crippen LogP contribution in [0.3, 0.4) is 0 Å². The van der Waals surface area contributed by atoms with Gasteiger partial charge in [-0.25, -0.2) is 8.42 Å². The Morgan fingerprint density at radius 3 is 2.73 bits per heavy atom. The lowest BCUT2D eigenvalue weighted by Gasteiger charge is -1.92. The second-order valence-corrected chi connectivity index (χ2v) is 4.98. The Morgan fingerprint density at radius 2 is 2.36 bits per heavy atom. The summed E-state index contributed by atoms with van der Waals surface area (Å²) in [4.78, 5) is 0. The first-order valence-corrected chi connectivity index (χ1v) is 5.38. The molecule has 0 aliphatic carbocycles. The molecule has 1 N–H and O–H groups in total. The van der Waals surface area contributed by atoms with Gasteiger partial charge in [-0.05, 0) is 6.92 Å². The van der Waals surface area contributed by atoms with Crippen molar-refractivity contribution in [3.63, 3.8) is 0 Å². The summed E-state index contributed by atoms with van der Waals surface area (Å²) < 4.78 is 21.1. The van der Waals surface area contributed by atoms with Gasteiger partial charge in [0.1, 0.15) is 0 Å². The number of nitrogens with one attached hydrogen (secondary N) is 1. The second kappa shape index (κ2) is 2.83. The number of aromatic amines is 1. The Morgan fingerprint density at radius 1 is 1.73 bits per heavy atom. The van der Waals surface area contributed by atoms with Gasteiger partial charge in [0, 0.05) is 21.9 Å². The predicted molar refractivity (Wildman–Crippen MR) is 41.8 cm³/mol. The number of H-pyrrole nitrogens is 1. The number of rotatable bonds is 2. The number of hydrogen-bond donors (Lipinski definition) is 1. The molecule has 6 heteroatoms. The van der Waals surface area contributed by atoms with Crippen LogP contribution in [0.1, 0.15) is 11.3 Å². The van der Waals surface area contributed by atoms with Gasteiger partial charge in [0.25, 0.3) is 0 Å². The summed E-state index contributed by atoms with van der Waals surface area (Å²) in [7, 11) is 1.57. The highest BCUT2D eigenvalue weighted by Crippen LogP contribution is 2.10. The van der Waals surface area contributed by atoms with E-state index in [0.717, 1.165) is 5.69 Å². The van der Waals surface area contributed by atoms with Crippen molar-refractivity contribution >= 4 is 19.7 Å². The summed E-state index contributed by atoms with van der Waals surface area (Å²) in [6.45, 7) is 1.74. The number of nitrogens with zero attached hydrogens (tertiary/aromatic N) is 1. The molecule has 0 bridgehead atoms. The van der Waals surface area contributed by atoms with Crippen LogP contribution in [0.5, 0.6) is 0 Å². The molecule has 0 atom stereocenters. The summed E-state index contributed by atoms with van der Waals surface area (Å²) in [6, 6.07) is 0. The maximum Gasteiger partial charge on any atom is 0.236 e. The van der Waals surface area contributed by atoms with Gasteiger partial charge in [0.05, 0.1) is 11.9 Å². The van der Waals surface area contributed by atoms with Gasteiger partial charge in [-0.1, -0.05) is 0 Å². The normalized spacial score (nSPS) is 11.8. The number of aryl methyl sites for hydroxylation is 1. The topological polar surface area (TPSA) is 62.8 Å². The van der Waals surface area contributed by atoms with Crippen molar-refractivity contribution in [3.8, 4) is 0 Å². The molecule has 0 aliphatic rings. The summed E-state index contributed by atoms with van der Waals surface area (Å²) >= 11 is 0. The third-order valence-electron chi connectivity index (χ3n) is 1.26. The van der Waals surface area contributed by atoms with Crippen molar-refractivity contribution in [2.75, 3.05) is 0 Å². The molecule has 1 rings (SSSR count). The van der Waals surface area contributed by atoms with E-state index in [1.807, 2.05) is 0 Å². The molecule has 1 aromatic heterocycles. The van der Waals surface area contributed by atoms with Crippen molar-refractivity contribution in [2.45, 2.75) is 12.7 Å². The average molecular weight is 195 g/mol. The molecule has 11 heavy (non-hydrogen) atoms. The molecule has 0 aliphatic heterocycles. The van der Waals surface area contributed by atoms with Crippen molar-refractivity contribution < 1.29 is 8.42 Å². The van der Waals surface area contributed by atoms with Gasteiger partial charge in [-0.15, -0.1) is 0 Å². The first-order valence-electron chi connectivity index (χ1n) is 2.90. The molecule has 4 nitrogen and oxygen atoms in total. The SMILES string of the molecule is Cc1[nH]ncc1CS(=O)(=O)Cl. The molecule has 1 aromatic rings. The monoisotopic (exact) mass is 194 g/mol. The van der Waals surface area contributed by atoms with Crippen molar-refractivity contribution in [2.24, 2.45) is 0 Å². The quantitative estimate of drug-likeness (QED) is 0.708. The van der Waals surface area contributed by atoms with Crippen LogP contribution in [0.25, 0.3) is 0 Å². The van der Waals surface area contributed by atoms with Gasteiger partial charge >= 0.3 is 0 Å². The van der Waals surface area contributed by atoms with E-state index in [0.29, 0.717) is 5.56 Å². The zero-order valence-corrected chi connectivity index (χ0v) is 7.41.